The normalized spacial score (nSPS) is 11.5. The van der Waals surface area contributed by atoms with Gasteiger partial charge in [-0.2, -0.15) is 9.98 Å². The van der Waals surface area contributed by atoms with E-state index in [0.29, 0.717) is 10.4 Å². The third-order valence-corrected chi connectivity index (χ3v) is 4.72. The maximum Gasteiger partial charge on any atom is 0.279 e. The van der Waals surface area contributed by atoms with Crippen molar-refractivity contribution in [1.29, 1.82) is 0 Å². The standard InChI is InChI=1S/C21H15N3OS/c25-20(17-12-6-2-7-13-17)23-21-22-19(16-10-4-1-5-11-16)24(26-21)18-14-8-3-9-15-18/h1-15H. The minimum Gasteiger partial charge on any atom is -0.267 e. The van der Waals surface area contributed by atoms with Gasteiger partial charge in [-0.3, -0.25) is 4.79 Å². The van der Waals surface area contributed by atoms with Crippen molar-refractivity contribution in [3.63, 3.8) is 0 Å². The van der Waals surface area contributed by atoms with Crippen LogP contribution in [0.5, 0.6) is 0 Å². The van der Waals surface area contributed by atoms with Crippen molar-refractivity contribution in [2.75, 3.05) is 0 Å². The SMILES string of the molecule is O=C(N=c1nc(-c2ccccc2)n(-c2ccccc2)s1)c1ccccc1. The second-order valence-electron chi connectivity index (χ2n) is 5.59. The highest BCUT2D eigenvalue weighted by Crippen LogP contribution is 2.21. The summed E-state index contributed by atoms with van der Waals surface area (Å²) in [6, 6.07) is 28.9. The van der Waals surface area contributed by atoms with Crippen molar-refractivity contribution < 1.29 is 4.79 Å². The quantitative estimate of drug-likeness (QED) is 0.547. The van der Waals surface area contributed by atoms with Gasteiger partial charge in [0.25, 0.3) is 5.91 Å². The van der Waals surface area contributed by atoms with Gasteiger partial charge in [-0.25, -0.2) is 3.96 Å². The Hall–Kier alpha value is -3.31. The van der Waals surface area contributed by atoms with Crippen LogP contribution < -0.4 is 4.80 Å². The molecule has 0 aliphatic rings. The maximum absolute atomic E-state index is 12.4. The minimum atomic E-state index is -0.292. The Kier molecular flexibility index (Phi) is 4.53. The summed E-state index contributed by atoms with van der Waals surface area (Å²) in [4.78, 5) is 21.7. The van der Waals surface area contributed by atoms with Crippen LogP contribution in [-0.4, -0.2) is 14.8 Å². The number of amides is 1. The van der Waals surface area contributed by atoms with Gasteiger partial charge < -0.3 is 0 Å². The molecule has 4 nitrogen and oxygen atoms in total. The Balaban J connectivity index is 1.84. The van der Waals surface area contributed by atoms with Gasteiger partial charge in [0.05, 0.1) is 5.69 Å². The third-order valence-electron chi connectivity index (χ3n) is 3.81. The zero-order valence-corrected chi connectivity index (χ0v) is 14.6. The number of hydrogen-bond donors (Lipinski definition) is 0. The van der Waals surface area contributed by atoms with E-state index < -0.39 is 0 Å². The van der Waals surface area contributed by atoms with Gasteiger partial charge in [-0.15, -0.1) is 0 Å². The molecule has 0 unspecified atom stereocenters. The van der Waals surface area contributed by atoms with Crippen LogP contribution in [0.3, 0.4) is 0 Å². The predicted molar refractivity (Wildman–Crippen MR) is 103 cm³/mol. The summed E-state index contributed by atoms with van der Waals surface area (Å²) >= 11 is 1.35. The first kappa shape index (κ1) is 16.2. The van der Waals surface area contributed by atoms with E-state index in [1.807, 2.05) is 82.8 Å². The second kappa shape index (κ2) is 7.29. The van der Waals surface area contributed by atoms with Crippen LogP contribution in [0.4, 0.5) is 0 Å². The van der Waals surface area contributed by atoms with E-state index in [2.05, 4.69) is 9.98 Å². The Morgan fingerprint density at radius 2 is 1.38 bits per heavy atom. The molecule has 5 heteroatoms. The van der Waals surface area contributed by atoms with Crippen LogP contribution in [0, 0.1) is 0 Å². The Bertz CT molecular complexity index is 1020. The van der Waals surface area contributed by atoms with E-state index in [0.717, 1.165) is 17.1 Å². The molecule has 0 aliphatic carbocycles. The number of rotatable bonds is 3. The second-order valence-corrected chi connectivity index (χ2v) is 6.50. The molecule has 1 aromatic heterocycles. The van der Waals surface area contributed by atoms with Crippen molar-refractivity contribution in [2.45, 2.75) is 0 Å². The lowest BCUT2D eigenvalue weighted by atomic mass is 10.2. The Morgan fingerprint density at radius 3 is 2.04 bits per heavy atom. The number of benzene rings is 3. The van der Waals surface area contributed by atoms with Crippen LogP contribution in [0.25, 0.3) is 17.1 Å². The molecule has 0 atom stereocenters. The van der Waals surface area contributed by atoms with Crippen molar-refractivity contribution in [1.82, 2.24) is 8.94 Å². The summed E-state index contributed by atoms with van der Waals surface area (Å²) in [6.45, 7) is 0. The summed E-state index contributed by atoms with van der Waals surface area (Å²) in [5, 5.41) is 0. The topological polar surface area (TPSA) is 47.2 Å². The smallest absolute Gasteiger partial charge is 0.267 e. The van der Waals surface area contributed by atoms with Crippen molar-refractivity contribution in [3.8, 4) is 17.1 Å². The van der Waals surface area contributed by atoms with E-state index in [1.165, 1.54) is 11.5 Å². The largest absolute Gasteiger partial charge is 0.279 e. The molecule has 0 fully saturated rings. The molecular formula is C21H15N3OS. The molecule has 0 N–H and O–H groups in total. The van der Waals surface area contributed by atoms with Gasteiger partial charge in [0.15, 0.2) is 5.82 Å². The van der Waals surface area contributed by atoms with Crippen LogP contribution in [-0.2, 0) is 0 Å². The van der Waals surface area contributed by atoms with Gasteiger partial charge in [0, 0.05) is 11.1 Å². The summed E-state index contributed by atoms with van der Waals surface area (Å²) in [6.07, 6.45) is 0. The number of nitrogens with zero attached hydrogens (tertiary/aromatic N) is 3. The van der Waals surface area contributed by atoms with Gasteiger partial charge in [0.1, 0.15) is 0 Å². The molecule has 1 amide bonds. The highest BCUT2D eigenvalue weighted by atomic mass is 32.1. The Labute approximate surface area is 154 Å². The van der Waals surface area contributed by atoms with Crippen molar-refractivity contribution in [3.05, 3.63) is 101 Å². The lowest BCUT2D eigenvalue weighted by Gasteiger charge is -2.05. The van der Waals surface area contributed by atoms with Gasteiger partial charge in [0.2, 0.25) is 4.80 Å². The predicted octanol–water partition coefficient (Wildman–Crippen LogP) is 4.34. The minimum absolute atomic E-state index is 0.292. The first-order chi connectivity index (χ1) is 12.8. The fourth-order valence-electron chi connectivity index (χ4n) is 2.57. The lowest BCUT2D eigenvalue weighted by Crippen LogP contribution is -2.05. The molecule has 4 aromatic rings. The summed E-state index contributed by atoms with van der Waals surface area (Å²) in [5.74, 6) is 0.473. The molecule has 0 aliphatic heterocycles. The number of aromatic nitrogens is 2. The molecular weight excluding hydrogens is 342 g/mol. The maximum atomic E-state index is 12.4. The molecule has 0 spiro atoms. The number of carbonyl (C=O) groups excluding carboxylic acids is 1. The molecule has 0 bridgehead atoms. The number of hydrogen-bond acceptors (Lipinski definition) is 3. The van der Waals surface area contributed by atoms with E-state index in [9.17, 15) is 4.79 Å². The number of para-hydroxylation sites is 1. The molecule has 1 heterocycles. The van der Waals surface area contributed by atoms with E-state index in [4.69, 9.17) is 0 Å². The van der Waals surface area contributed by atoms with E-state index in [-0.39, 0.29) is 5.91 Å². The highest BCUT2D eigenvalue weighted by Gasteiger charge is 2.11. The third kappa shape index (κ3) is 3.38. The monoisotopic (exact) mass is 357 g/mol. The molecule has 0 radical (unpaired) electrons. The fraction of sp³-hybridized carbons (Fsp3) is 0. The first-order valence-electron chi connectivity index (χ1n) is 8.16. The molecule has 126 valence electrons. The van der Waals surface area contributed by atoms with Crippen LogP contribution >= 0.6 is 11.5 Å². The number of carbonyl (C=O) groups is 1. The molecule has 0 saturated heterocycles. The van der Waals surface area contributed by atoms with Crippen LogP contribution in [0.15, 0.2) is 96.0 Å². The van der Waals surface area contributed by atoms with Gasteiger partial charge in [-0.1, -0.05) is 66.7 Å². The zero-order chi connectivity index (χ0) is 17.8. The van der Waals surface area contributed by atoms with Gasteiger partial charge >= 0.3 is 0 Å². The average molecular weight is 357 g/mol. The van der Waals surface area contributed by atoms with Crippen molar-refractivity contribution in [2.24, 2.45) is 4.99 Å². The molecule has 0 saturated carbocycles. The zero-order valence-electron chi connectivity index (χ0n) is 13.8. The molecule has 4 rings (SSSR count). The van der Waals surface area contributed by atoms with E-state index in [1.54, 1.807) is 12.1 Å². The lowest BCUT2D eigenvalue weighted by molar-refractivity contribution is 0.0998. The van der Waals surface area contributed by atoms with Crippen LogP contribution in [0.2, 0.25) is 0 Å². The first-order valence-corrected chi connectivity index (χ1v) is 8.94. The van der Waals surface area contributed by atoms with E-state index >= 15 is 0 Å². The summed E-state index contributed by atoms with van der Waals surface area (Å²) in [7, 11) is 0. The van der Waals surface area contributed by atoms with Crippen LogP contribution in [0.1, 0.15) is 10.4 Å². The van der Waals surface area contributed by atoms with Crippen molar-refractivity contribution >= 4 is 17.4 Å². The van der Waals surface area contributed by atoms with Gasteiger partial charge in [-0.05, 0) is 35.8 Å². The molecule has 3 aromatic carbocycles. The Morgan fingerprint density at radius 1 is 0.808 bits per heavy atom. The average Bonchev–Trinajstić information content (AvgIpc) is 3.14. The molecule has 26 heavy (non-hydrogen) atoms. The highest BCUT2D eigenvalue weighted by molar-refractivity contribution is 7.04. The summed E-state index contributed by atoms with van der Waals surface area (Å²) in [5.41, 5.74) is 2.51. The fourth-order valence-corrected chi connectivity index (χ4v) is 3.44. The summed E-state index contributed by atoms with van der Waals surface area (Å²) < 4.78 is 1.99.